The molecular formula is C19H17N3OS. The van der Waals surface area contributed by atoms with Crippen LogP contribution in [-0.4, -0.2) is 16.7 Å². The van der Waals surface area contributed by atoms with E-state index < -0.39 is 0 Å². The zero-order valence-electron chi connectivity index (χ0n) is 13.3. The number of hydrazone groups is 1. The predicted molar refractivity (Wildman–Crippen MR) is 100 cm³/mol. The smallest absolute Gasteiger partial charge is 0.196 e. The number of hydrogen-bond donors (Lipinski definition) is 1. The lowest BCUT2D eigenvalue weighted by Crippen LogP contribution is -2.26. The molecule has 1 N–H and O–H groups in total. The van der Waals surface area contributed by atoms with Crippen molar-refractivity contribution in [1.82, 2.24) is 10.3 Å². The molecule has 0 amide bonds. The fourth-order valence-electron chi connectivity index (χ4n) is 2.65. The molecule has 0 spiro atoms. The van der Waals surface area contributed by atoms with Crippen LogP contribution in [0.3, 0.4) is 0 Å². The quantitative estimate of drug-likeness (QED) is 0.903. The summed E-state index contributed by atoms with van der Waals surface area (Å²) < 4.78 is 5.50. The lowest BCUT2D eigenvalue weighted by atomic mass is 10.1. The van der Waals surface area contributed by atoms with Gasteiger partial charge < -0.3 is 4.74 Å². The molecule has 0 unspecified atom stereocenters. The fourth-order valence-corrected chi connectivity index (χ4v) is 3.48. The molecular weight excluding hydrogens is 318 g/mol. The van der Waals surface area contributed by atoms with E-state index in [0.29, 0.717) is 6.61 Å². The van der Waals surface area contributed by atoms with Crippen molar-refractivity contribution >= 4 is 28.3 Å². The van der Waals surface area contributed by atoms with E-state index in [2.05, 4.69) is 51.3 Å². The van der Waals surface area contributed by atoms with Gasteiger partial charge in [0.25, 0.3) is 0 Å². The minimum absolute atomic E-state index is 0.671. The number of fused-ring (bicyclic) bond motifs is 1. The van der Waals surface area contributed by atoms with Crippen molar-refractivity contribution in [3.63, 3.8) is 0 Å². The van der Waals surface area contributed by atoms with E-state index in [9.17, 15) is 0 Å². The van der Waals surface area contributed by atoms with Crippen molar-refractivity contribution in [1.29, 1.82) is 0 Å². The molecule has 0 radical (unpaired) electrons. The maximum absolute atomic E-state index is 5.50. The van der Waals surface area contributed by atoms with E-state index in [1.54, 1.807) is 11.8 Å². The molecule has 24 heavy (non-hydrogen) atoms. The van der Waals surface area contributed by atoms with Crippen LogP contribution in [-0.2, 0) is 0 Å². The summed E-state index contributed by atoms with van der Waals surface area (Å²) in [5, 5.41) is 7.55. The number of hydrogen-bond acceptors (Lipinski definition) is 5. The molecule has 120 valence electrons. The molecule has 4 rings (SSSR count). The first-order chi connectivity index (χ1) is 11.8. The summed E-state index contributed by atoms with van der Waals surface area (Å²) in [5.74, 6) is 0.878. The van der Waals surface area contributed by atoms with Gasteiger partial charge >= 0.3 is 0 Å². The van der Waals surface area contributed by atoms with Crippen LogP contribution in [0.25, 0.3) is 11.4 Å². The van der Waals surface area contributed by atoms with Crippen LogP contribution in [0.5, 0.6) is 5.75 Å². The Morgan fingerprint density at radius 1 is 1.04 bits per heavy atom. The fraction of sp³-hybridized carbons (Fsp3) is 0.105. The van der Waals surface area contributed by atoms with Crippen LogP contribution in [0.15, 0.2) is 71.3 Å². The zero-order valence-corrected chi connectivity index (χ0v) is 14.1. The van der Waals surface area contributed by atoms with Crippen molar-refractivity contribution in [2.45, 2.75) is 6.92 Å². The molecule has 0 atom stereocenters. The molecule has 0 aromatic heterocycles. The number of rotatable bonds is 4. The predicted octanol–water partition coefficient (Wildman–Crippen LogP) is 4.31. The maximum atomic E-state index is 5.50. The molecule has 2 aliphatic rings. The van der Waals surface area contributed by atoms with Crippen LogP contribution < -0.4 is 10.2 Å². The third-order valence-electron chi connectivity index (χ3n) is 3.82. The van der Waals surface area contributed by atoms with Gasteiger partial charge in [0.05, 0.1) is 18.0 Å². The van der Waals surface area contributed by atoms with Gasteiger partial charge in [-0.2, -0.15) is 0 Å². The summed E-state index contributed by atoms with van der Waals surface area (Å²) >= 11 is 1.62. The first-order valence-corrected chi connectivity index (χ1v) is 8.73. The average Bonchev–Trinajstić information content (AvgIpc) is 3.06. The number of nitrogens with zero attached hydrogens (tertiary/aromatic N) is 2. The molecule has 0 fully saturated rings. The Balaban J connectivity index is 1.62. The zero-order chi connectivity index (χ0) is 16.4. The monoisotopic (exact) mass is 335 g/mol. The lowest BCUT2D eigenvalue weighted by Gasteiger charge is -2.24. The summed E-state index contributed by atoms with van der Waals surface area (Å²) in [7, 11) is 0. The van der Waals surface area contributed by atoms with Gasteiger partial charge in [0.1, 0.15) is 5.75 Å². The highest BCUT2D eigenvalue weighted by Crippen LogP contribution is 2.36. The third kappa shape index (κ3) is 2.78. The van der Waals surface area contributed by atoms with Crippen LogP contribution >= 0.6 is 11.8 Å². The van der Waals surface area contributed by atoms with E-state index in [1.807, 2.05) is 37.3 Å². The second-order valence-electron chi connectivity index (χ2n) is 5.36. The Bertz CT molecular complexity index is 825. The van der Waals surface area contributed by atoms with Gasteiger partial charge in [-0.15, -0.1) is 5.10 Å². The minimum Gasteiger partial charge on any atom is -0.494 e. The number of ether oxygens (including phenoxy) is 1. The summed E-state index contributed by atoms with van der Waals surface area (Å²) in [6.07, 6.45) is 2.09. The molecule has 2 aromatic rings. The van der Waals surface area contributed by atoms with Crippen LogP contribution in [0.1, 0.15) is 18.1 Å². The van der Waals surface area contributed by atoms with E-state index in [0.717, 1.165) is 27.9 Å². The molecule has 4 nitrogen and oxygen atoms in total. The second-order valence-corrected chi connectivity index (χ2v) is 6.20. The van der Waals surface area contributed by atoms with Crippen molar-refractivity contribution in [3.8, 4) is 5.75 Å². The molecule has 2 aliphatic heterocycles. The van der Waals surface area contributed by atoms with Crippen molar-refractivity contribution in [2.24, 2.45) is 5.10 Å². The number of nitrogens with one attached hydrogen (secondary N) is 1. The van der Waals surface area contributed by atoms with Crippen molar-refractivity contribution in [2.75, 3.05) is 6.61 Å². The molecule has 0 aliphatic carbocycles. The topological polar surface area (TPSA) is 36.9 Å². The second kappa shape index (κ2) is 6.45. The summed E-state index contributed by atoms with van der Waals surface area (Å²) in [5.41, 5.74) is 7.50. The number of thioether (sulfide) groups is 1. The Morgan fingerprint density at radius 2 is 1.83 bits per heavy atom. The molecule has 0 bridgehead atoms. The average molecular weight is 335 g/mol. The molecule has 2 aromatic carbocycles. The van der Waals surface area contributed by atoms with Gasteiger partial charge in [0.15, 0.2) is 5.17 Å². The van der Waals surface area contributed by atoms with E-state index in [1.165, 1.54) is 5.56 Å². The summed E-state index contributed by atoms with van der Waals surface area (Å²) in [6.45, 7) is 2.65. The van der Waals surface area contributed by atoms with E-state index >= 15 is 0 Å². The number of benzene rings is 2. The van der Waals surface area contributed by atoms with Gasteiger partial charge in [-0.05, 0) is 36.8 Å². The first kappa shape index (κ1) is 14.9. The normalized spacial score (nSPS) is 15.9. The van der Waals surface area contributed by atoms with Gasteiger partial charge in [0.2, 0.25) is 0 Å². The van der Waals surface area contributed by atoms with E-state index in [-0.39, 0.29) is 0 Å². The maximum Gasteiger partial charge on any atom is 0.196 e. The standard InChI is InChI=1S/C19H17N3OS/c1-2-23-16-10-8-14(9-11-16)17-12-22-18(13-24-19(22)21-20-17)15-6-4-3-5-7-15/h3-13,20H,2H2,1H3. The van der Waals surface area contributed by atoms with Gasteiger partial charge in [-0.1, -0.05) is 42.1 Å². The van der Waals surface area contributed by atoms with Crippen molar-refractivity contribution < 1.29 is 4.74 Å². The van der Waals surface area contributed by atoms with Crippen LogP contribution in [0.4, 0.5) is 0 Å². The van der Waals surface area contributed by atoms with Gasteiger partial charge in [-0.25, -0.2) is 0 Å². The largest absolute Gasteiger partial charge is 0.494 e. The van der Waals surface area contributed by atoms with Crippen LogP contribution in [0.2, 0.25) is 0 Å². The Kier molecular flexibility index (Phi) is 4.01. The van der Waals surface area contributed by atoms with Gasteiger partial charge in [-0.3, -0.25) is 10.3 Å². The third-order valence-corrected chi connectivity index (χ3v) is 4.66. The SMILES string of the molecule is CCOc1ccc(C2=CN3C(c4ccccc4)=CSC3=NN2)cc1. The lowest BCUT2D eigenvalue weighted by molar-refractivity contribution is 0.340. The summed E-state index contributed by atoms with van der Waals surface area (Å²) in [4.78, 5) is 2.13. The highest BCUT2D eigenvalue weighted by Gasteiger charge is 2.26. The van der Waals surface area contributed by atoms with Gasteiger partial charge in [0, 0.05) is 17.2 Å². The Hall–Kier alpha value is -2.66. The summed E-state index contributed by atoms with van der Waals surface area (Å²) in [6, 6.07) is 18.4. The van der Waals surface area contributed by atoms with E-state index in [4.69, 9.17) is 4.74 Å². The highest BCUT2D eigenvalue weighted by molar-refractivity contribution is 8.16. The Morgan fingerprint density at radius 3 is 2.58 bits per heavy atom. The Labute approximate surface area is 145 Å². The molecule has 0 saturated carbocycles. The number of amidine groups is 1. The molecule has 0 saturated heterocycles. The molecule has 2 heterocycles. The highest BCUT2D eigenvalue weighted by atomic mass is 32.2. The first-order valence-electron chi connectivity index (χ1n) is 7.85. The minimum atomic E-state index is 0.671. The van der Waals surface area contributed by atoms with Crippen LogP contribution in [0, 0.1) is 0 Å². The molecule has 5 heteroatoms. The van der Waals surface area contributed by atoms with Crippen molar-refractivity contribution in [3.05, 3.63) is 77.3 Å².